The Hall–Kier alpha value is -1.08. The summed E-state index contributed by atoms with van der Waals surface area (Å²) in [7, 11) is 0. The molecule has 1 aliphatic heterocycles. The Balaban J connectivity index is 1.81. The van der Waals surface area contributed by atoms with Crippen LogP contribution in [0.2, 0.25) is 0 Å². The first-order chi connectivity index (χ1) is 10.1. The lowest BCUT2D eigenvalue weighted by Crippen LogP contribution is -2.39. The molecule has 21 heavy (non-hydrogen) atoms. The van der Waals surface area contributed by atoms with E-state index in [0.717, 1.165) is 24.3 Å². The highest BCUT2D eigenvalue weighted by Gasteiger charge is 2.34. The quantitative estimate of drug-likeness (QED) is 0.777. The maximum atomic E-state index is 3.62. The largest absolute Gasteiger partial charge is 0.316 e. The molecule has 1 fully saturated rings. The van der Waals surface area contributed by atoms with Crippen molar-refractivity contribution >= 4 is 0 Å². The molecule has 1 N–H and O–H groups in total. The lowest BCUT2D eigenvalue weighted by molar-refractivity contribution is 0.194. The summed E-state index contributed by atoms with van der Waals surface area (Å²) in [6.45, 7) is 9.24. The summed E-state index contributed by atoms with van der Waals surface area (Å²) in [6.07, 6.45) is 6.52. The summed E-state index contributed by atoms with van der Waals surface area (Å²) in [6, 6.07) is 9.26. The van der Waals surface area contributed by atoms with Gasteiger partial charge in [-0.25, -0.2) is 0 Å². The monoisotopic (exact) mass is 283 g/mol. The van der Waals surface area contributed by atoms with E-state index in [1.165, 1.54) is 36.9 Å². The van der Waals surface area contributed by atoms with Crippen molar-refractivity contribution in [3.8, 4) is 0 Å². The van der Waals surface area contributed by atoms with Gasteiger partial charge in [-0.3, -0.25) is 0 Å². The van der Waals surface area contributed by atoms with Crippen LogP contribution in [0.15, 0.2) is 35.9 Å². The van der Waals surface area contributed by atoms with Crippen LogP contribution in [0.25, 0.3) is 0 Å². The van der Waals surface area contributed by atoms with E-state index in [2.05, 4.69) is 56.4 Å². The van der Waals surface area contributed by atoms with Crippen LogP contribution in [0.3, 0.4) is 0 Å². The summed E-state index contributed by atoms with van der Waals surface area (Å²) < 4.78 is 0. The van der Waals surface area contributed by atoms with Crippen LogP contribution in [-0.2, 0) is 0 Å². The summed E-state index contributed by atoms with van der Waals surface area (Å²) in [5.74, 6) is 3.18. The van der Waals surface area contributed by atoms with Gasteiger partial charge in [-0.2, -0.15) is 0 Å². The predicted molar refractivity (Wildman–Crippen MR) is 90.5 cm³/mol. The van der Waals surface area contributed by atoms with Crippen molar-refractivity contribution in [2.75, 3.05) is 13.1 Å². The highest BCUT2D eigenvalue weighted by molar-refractivity contribution is 5.26. The summed E-state index contributed by atoms with van der Waals surface area (Å²) >= 11 is 0. The molecule has 0 radical (unpaired) electrons. The zero-order valence-electron chi connectivity index (χ0n) is 13.7. The molecule has 0 spiro atoms. The Morgan fingerprint density at radius 3 is 2.57 bits per heavy atom. The third kappa shape index (κ3) is 3.40. The molecule has 0 aromatic heterocycles. The molecule has 1 heterocycles. The standard InChI is InChI=1S/C20H29N/c1-14-4-6-17(7-5-14)20-13-21-9-8-19(20)18-11-15(2)10-16(3)12-18/h4-7,10,15,18-21H,8-9,11-13H2,1-3H3. The van der Waals surface area contributed by atoms with E-state index in [-0.39, 0.29) is 0 Å². The fourth-order valence-corrected chi connectivity index (χ4v) is 4.54. The van der Waals surface area contributed by atoms with E-state index < -0.39 is 0 Å². The molecule has 1 nitrogen and oxygen atoms in total. The molecule has 1 saturated heterocycles. The van der Waals surface area contributed by atoms with E-state index >= 15 is 0 Å². The van der Waals surface area contributed by atoms with Gasteiger partial charge in [0.25, 0.3) is 0 Å². The molecule has 4 unspecified atom stereocenters. The van der Waals surface area contributed by atoms with Gasteiger partial charge in [0, 0.05) is 6.54 Å². The van der Waals surface area contributed by atoms with E-state index in [9.17, 15) is 0 Å². The maximum Gasteiger partial charge on any atom is 0.00229 e. The summed E-state index contributed by atoms with van der Waals surface area (Å²) in [5, 5.41) is 3.62. The predicted octanol–water partition coefficient (Wildman–Crippen LogP) is 4.68. The van der Waals surface area contributed by atoms with E-state index in [4.69, 9.17) is 0 Å². The molecule has 4 atom stereocenters. The highest BCUT2D eigenvalue weighted by Crippen LogP contribution is 2.42. The Labute approximate surface area is 129 Å². The molecule has 0 amide bonds. The number of hydrogen-bond acceptors (Lipinski definition) is 1. The molecule has 0 saturated carbocycles. The Morgan fingerprint density at radius 1 is 1.10 bits per heavy atom. The lowest BCUT2D eigenvalue weighted by atomic mass is 9.68. The van der Waals surface area contributed by atoms with Gasteiger partial charge in [-0.15, -0.1) is 0 Å². The molecule has 1 aromatic rings. The summed E-state index contributed by atoms with van der Waals surface area (Å²) in [5.41, 5.74) is 4.52. The first kappa shape index (κ1) is 14.8. The second kappa shape index (κ2) is 6.36. The second-order valence-electron chi connectivity index (χ2n) is 7.36. The highest BCUT2D eigenvalue weighted by atomic mass is 14.9. The van der Waals surface area contributed by atoms with Gasteiger partial charge in [0.15, 0.2) is 0 Å². The second-order valence-corrected chi connectivity index (χ2v) is 7.36. The fourth-order valence-electron chi connectivity index (χ4n) is 4.54. The van der Waals surface area contributed by atoms with Gasteiger partial charge in [0.1, 0.15) is 0 Å². The molecule has 1 heteroatoms. The van der Waals surface area contributed by atoms with Crippen LogP contribution < -0.4 is 5.32 Å². The van der Waals surface area contributed by atoms with Gasteiger partial charge < -0.3 is 5.32 Å². The molecule has 1 aromatic carbocycles. The number of rotatable bonds is 2. The third-order valence-electron chi connectivity index (χ3n) is 5.47. The first-order valence-electron chi connectivity index (χ1n) is 8.58. The zero-order chi connectivity index (χ0) is 14.8. The molecule has 0 bridgehead atoms. The van der Waals surface area contributed by atoms with Crippen molar-refractivity contribution in [1.29, 1.82) is 0 Å². The number of allylic oxidation sites excluding steroid dienone is 2. The van der Waals surface area contributed by atoms with Crippen molar-refractivity contribution in [3.63, 3.8) is 0 Å². The Morgan fingerprint density at radius 2 is 1.86 bits per heavy atom. The van der Waals surface area contributed by atoms with Crippen molar-refractivity contribution in [3.05, 3.63) is 47.0 Å². The van der Waals surface area contributed by atoms with Gasteiger partial charge in [0.05, 0.1) is 0 Å². The van der Waals surface area contributed by atoms with Crippen LogP contribution in [0.4, 0.5) is 0 Å². The first-order valence-corrected chi connectivity index (χ1v) is 8.58. The molecule has 114 valence electrons. The topological polar surface area (TPSA) is 12.0 Å². The number of hydrogen-bond donors (Lipinski definition) is 1. The minimum absolute atomic E-state index is 0.697. The van der Waals surface area contributed by atoms with Gasteiger partial charge in [-0.1, -0.05) is 48.4 Å². The minimum atomic E-state index is 0.697. The van der Waals surface area contributed by atoms with Crippen molar-refractivity contribution in [2.45, 2.75) is 46.0 Å². The van der Waals surface area contributed by atoms with Gasteiger partial charge in [0.2, 0.25) is 0 Å². The number of benzene rings is 1. The van der Waals surface area contributed by atoms with E-state index in [1.807, 2.05) is 0 Å². The smallest absolute Gasteiger partial charge is 0.00229 e. The van der Waals surface area contributed by atoms with Crippen LogP contribution in [0.1, 0.15) is 50.2 Å². The van der Waals surface area contributed by atoms with Crippen LogP contribution in [0, 0.1) is 24.7 Å². The number of nitrogens with one attached hydrogen (secondary N) is 1. The molecular weight excluding hydrogens is 254 g/mol. The molecular formula is C20H29N. The Kier molecular flexibility index (Phi) is 4.49. The van der Waals surface area contributed by atoms with Crippen molar-refractivity contribution < 1.29 is 0 Å². The van der Waals surface area contributed by atoms with Crippen LogP contribution in [0.5, 0.6) is 0 Å². The van der Waals surface area contributed by atoms with Gasteiger partial charge in [-0.05, 0) is 68.9 Å². The molecule has 3 rings (SSSR count). The summed E-state index contributed by atoms with van der Waals surface area (Å²) in [4.78, 5) is 0. The normalized spacial score (nSPS) is 33.6. The average Bonchev–Trinajstić information content (AvgIpc) is 2.47. The van der Waals surface area contributed by atoms with Crippen LogP contribution in [-0.4, -0.2) is 13.1 Å². The minimum Gasteiger partial charge on any atom is -0.316 e. The van der Waals surface area contributed by atoms with Crippen molar-refractivity contribution in [2.24, 2.45) is 17.8 Å². The number of piperidine rings is 1. The Bertz CT molecular complexity index is 499. The third-order valence-corrected chi connectivity index (χ3v) is 5.47. The van der Waals surface area contributed by atoms with E-state index in [0.29, 0.717) is 5.92 Å². The maximum absolute atomic E-state index is 3.62. The van der Waals surface area contributed by atoms with Crippen LogP contribution >= 0.6 is 0 Å². The van der Waals surface area contributed by atoms with Crippen molar-refractivity contribution in [1.82, 2.24) is 5.32 Å². The van der Waals surface area contributed by atoms with Gasteiger partial charge >= 0.3 is 0 Å². The SMILES string of the molecule is CC1=CC(C)CC(C2CCNCC2c2ccc(C)cc2)C1. The number of aryl methyl sites for hydroxylation is 1. The zero-order valence-corrected chi connectivity index (χ0v) is 13.7. The molecule has 2 aliphatic rings. The lowest BCUT2D eigenvalue weighted by Gasteiger charge is -2.40. The average molecular weight is 283 g/mol. The fraction of sp³-hybridized carbons (Fsp3) is 0.600. The van der Waals surface area contributed by atoms with E-state index in [1.54, 1.807) is 5.57 Å². The molecule has 1 aliphatic carbocycles.